The van der Waals surface area contributed by atoms with Crippen LogP contribution in [-0.2, 0) is 10.8 Å². The van der Waals surface area contributed by atoms with Crippen LogP contribution in [0.5, 0.6) is 0 Å². The zero-order chi connectivity index (χ0) is 9.47. The van der Waals surface area contributed by atoms with Crippen LogP contribution in [0.15, 0.2) is 0 Å². The summed E-state index contributed by atoms with van der Waals surface area (Å²) < 4.78 is 11.9. The molecular weight excluding hydrogens is 182 g/mol. The molecule has 0 radical (unpaired) electrons. The largest absolute Gasteiger partial charge is 0.312 e. The lowest BCUT2D eigenvalue weighted by Crippen LogP contribution is -2.44. The summed E-state index contributed by atoms with van der Waals surface area (Å²) in [5.41, 5.74) is 0.352. The molecule has 2 rings (SSSR count). The molecule has 2 fully saturated rings. The van der Waals surface area contributed by atoms with Crippen LogP contribution in [0.1, 0.15) is 33.1 Å². The number of rotatable bonds is 0. The molecule has 2 nitrogen and oxygen atoms in total. The fourth-order valence-electron chi connectivity index (χ4n) is 2.65. The lowest BCUT2D eigenvalue weighted by molar-refractivity contribution is 0.289. The molecule has 76 valence electrons. The van der Waals surface area contributed by atoms with Crippen LogP contribution >= 0.6 is 0 Å². The first-order valence-electron chi connectivity index (χ1n) is 5.22. The van der Waals surface area contributed by atoms with E-state index in [2.05, 4.69) is 19.2 Å². The molecule has 0 aromatic heterocycles. The Kier molecular flexibility index (Phi) is 2.49. The third-order valence-electron chi connectivity index (χ3n) is 3.51. The standard InChI is InChI=1S/C10H19NOS/c1-10(2)5-4-8-9(10)11-6-3-7-13(8)12/h8-9,11H,3-7H2,1-2H3. The van der Waals surface area contributed by atoms with Gasteiger partial charge in [-0.15, -0.1) is 0 Å². The van der Waals surface area contributed by atoms with E-state index in [9.17, 15) is 4.21 Å². The zero-order valence-electron chi connectivity index (χ0n) is 8.51. The Balaban J connectivity index is 2.20. The first kappa shape index (κ1) is 9.66. The fraction of sp³-hybridized carbons (Fsp3) is 1.00. The van der Waals surface area contributed by atoms with Crippen LogP contribution in [-0.4, -0.2) is 27.8 Å². The molecule has 1 heterocycles. The summed E-state index contributed by atoms with van der Waals surface area (Å²) in [6.45, 7) is 5.65. The minimum atomic E-state index is -0.572. The van der Waals surface area contributed by atoms with Gasteiger partial charge in [-0.25, -0.2) is 0 Å². The molecule has 0 bridgehead atoms. The molecule has 1 saturated carbocycles. The van der Waals surface area contributed by atoms with E-state index in [1.165, 1.54) is 6.42 Å². The van der Waals surface area contributed by atoms with E-state index in [4.69, 9.17) is 0 Å². The first-order valence-corrected chi connectivity index (χ1v) is 6.60. The molecule has 0 amide bonds. The summed E-state index contributed by atoms with van der Waals surface area (Å²) >= 11 is 0. The summed E-state index contributed by atoms with van der Waals surface area (Å²) in [4.78, 5) is 0. The SMILES string of the molecule is CC1(C)CCC2C1NCCCS2=O. The highest BCUT2D eigenvalue weighted by Gasteiger charge is 2.44. The van der Waals surface area contributed by atoms with Crippen LogP contribution in [0, 0.1) is 5.41 Å². The molecule has 3 heteroatoms. The molecule has 3 atom stereocenters. The number of fused-ring (bicyclic) bond motifs is 1. The topological polar surface area (TPSA) is 29.1 Å². The maximum absolute atomic E-state index is 11.9. The van der Waals surface area contributed by atoms with Crippen LogP contribution in [0.4, 0.5) is 0 Å². The minimum Gasteiger partial charge on any atom is -0.312 e. The van der Waals surface area contributed by atoms with Gasteiger partial charge in [0, 0.05) is 22.6 Å². The van der Waals surface area contributed by atoms with Gasteiger partial charge >= 0.3 is 0 Å². The van der Waals surface area contributed by atoms with E-state index < -0.39 is 10.8 Å². The van der Waals surface area contributed by atoms with E-state index in [1.807, 2.05) is 0 Å². The average Bonchev–Trinajstić information content (AvgIpc) is 2.26. The van der Waals surface area contributed by atoms with E-state index in [0.717, 1.165) is 25.1 Å². The molecule has 1 N–H and O–H groups in total. The normalized spacial score (nSPS) is 44.0. The van der Waals surface area contributed by atoms with Crippen molar-refractivity contribution < 1.29 is 4.21 Å². The van der Waals surface area contributed by atoms with Crippen molar-refractivity contribution in [3.63, 3.8) is 0 Å². The molecule has 1 saturated heterocycles. The second-order valence-electron chi connectivity index (χ2n) is 4.94. The molecule has 0 spiro atoms. The van der Waals surface area contributed by atoms with Gasteiger partial charge in [0.2, 0.25) is 0 Å². The maximum atomic E-state index is 11.9. The molecule has 1 aliphatic heterocycles. The second kappa shape index (κ2) is 3.35. The highest BCUT2D eigenvalue weighted by Crippen LogP contribution is 2.40. The fourth-order valence-corrected chi connectivity index (χ4v) is 4.53. The van der Waals surface area contributed by atoms with Gasteiger partial charge < -0.3 is 5.32 Å². The Morgan fingerprint density at radius 2 is 2.23 bits per heavy atom. The number of hydrogen-bond acceptors (Lipinski definition) is 2. The molecule has 0 aromatic carbocycles. The summed E-state index contributed by atoms with van der Waals surface area (Å²) in [6.07, 6.45) is 3.45. The van der Waals surface area contributed by atoms with Crippen molar-refractivity contribution in [1.82, 2.24) is 5.32 Å². The lowest BCUT2D eigenvalue weighted by Gasteiger charge is -2.29. The Morgan fingerprint density at radius 1 is 1.46 bits per heavy atom. The van der Waals surface area contributed by atoms with Crippen LogP contribution in [0.2, 0.25) is 0 Å². The minimum absolute atomic E-state index is 0.352. The summed E-state index contributed by atoms with van der Waals surface area (Å²) in [5.74, 6) is 0.907. The van der Waals surface area contributed by atoms with Crippen molar-refractivity contribution in [3.05, 3.63) is 0 Å². The lowest BCUT2D eigenvalue weighted by atomic mass is 9.87. The second-order valence-corrected chi connectivity index (χ2v) is 6.71. The van der Waals surface area contributed by atoms with Crippen molar-refractivity contribution in [3.8, 4) is 0 Å². The van der Waals surface area contributed by atoms with E-state index in [0.29, 0.717) is 16.7 Å². The highest BCUT2D eigenvalue weighted by molar-refractivity contribution is 7.85. The first-order chi connectivity index (χ1) is 6.11. The predicted molar refractivity (Wildman–Crippen MR) is 56.2 cm³/mol. The zero-order valence-corrected chi connectivity index (χ0v) is 9.32. The average molecular weight is 201 g/mol. The van der Waals surface area contributed by atoms with E-state index in [1.54, 1.807) is 0 Å². The van der Waals surface area contributed by atoms with Crippen LogP contribution in [0.25, 0.3) is 0 Å². The Bertz CT molecular complexity index is 227. The highest BCUT2D eigenvalue weighted by atomic mass is 32.2. The molecule has 2 aliphatic rings. The molecule has 0 aromatic rings. The third-order valence-corrected chi connectivity index (χ3v) is 5.39. The number of nitrogens with one attached hydrogen (secondary N) is 1. The third kappa shape index (κ3) is 1.68. The van der Waals surface area contributed by atoms with Crippen molar-refractivity contribution in [1.29, 1.82) is 0 Å². The summed E-state index contributed by atoms with van der Waals surface area (Å²) in [5, 5.41) is 4.00. The van der Waals surface area contributed by atoms with Crippen molar-refractivity contribution in [2.75, 3.05) is 12.3 Å². The van der Waals surface area contributed by atoms with Gasteiger partial charge in [-0.05, 0) is 31.2 Å². The van der Waals surface area contributed by atoms with Gasteiger partial charge in [-0.3, -0.25) is 4.21 Å². The Morgan fingerprint density at radius 3 is 3.00 bits per heavy atom. The van der Waals surface area contributed by atoms with Gasteiger partial charge in [-0.1, -0.05) is 13.8 Å². The van der Waals surface area contributed by atoms with Crippen LogP contribution < -0.4 is 5.32 Å². The maximum Gasteiger partial charge on any atom is 0.0506 e. The van der Waals surface area contributed by atoms with E-state index >= 15 is 0 Å². The Labute approximate surface area is 82.9 Å². The van der Waals surface area contributed by atoms with Crippen molar-refractivity contribution in [2.24, 2.45) is 5.41 Å². The van der Waals surface area contributed by atoms with Crippen molar-refractivity contribution >= 4 is 10.8 Å². The summed E-state index contributed by atoms with van der Waals surface area (Å²) in [6, 6.07) is 0.496. The number of hydrogen-bond donors (Lipinski definition) is 1. The Hall–Kier alpha value is 0.110. The molecule has 1 aliphatic carbocycles. The van der Waals surface area contributed by atoms with Crippen molar-refractivity contribution in [2.45, 2.75) is 44.4 Å². The van der Waals surface area contributed by atoms with Gasteiger partial charge in [0.05, 0.1) is 5.25 Å². The smallest absolute Gasteiger partial charge is 0.0506 e. The van der Waals surface area contributed by atoms with Gasteiger partial charge in [0.15, 0.2) is 0 Å². The van der Waals surface area contributed by atoms with E-state index in [-0.39, 0.29) is 0 Å². The molecule has 3 unspecified atom stereocenters. The van der Waals surface area contributed by atoms with Gasteiger partial charge in [-0.2, -0.15) is 0 Å². The monoisotopic (exact) mass is 201 g/mol. The predicted octanol–water partition coefficient (Wildman–Crippen LogP) is 1.29. The summed E-state index contributed by atoms with van der Waals surface area (Å²) in [7, 11) is -0.572. The quantitative estimate of drug-likeness (QED) is 0.640. The van der Waals surface area contributed by atoms with Gasteiger partial charge in [0.25, 0.3) is 0 Å². The van der Waals surface area contributed by atoms with Gasteiger partial charge in [0.1, 0.15) is 0 Å². The van der Waals surface area contributed by atoms with Crippen LogP contribution in [0.3, 0.4) is 0 Å². The molecular formula is C10H19NOS. The molecule has 13 heavy (non-hydrogen) atoms.